The third kappa shape index (κ3) is 5.57. The van der Waals surface area contributed by atoms with Crippen LogP contribution in [0, 0.1) is 46.8 Å². The van der Waals surface area contributed by atoms with E-state index >= 15 is 8.78 Å². The third-order valence-electron chi connectivity index (χ3n) is 11.3. The molecule has 4 aromatic rings. The fourth-order valence-electron chi connectivity index (χ4n) is 8.52. The number of rotatable bonds is 6. The molecule has 1 saturated carbocycles. The van der Waals surface area contributed by atoms with Crippen LogP contribution in [-0.4, -0.2) is 52.6 Å². The number of azo groups is 1. The predicted molar refractivity (Wildman–Crippen MR) is 203 cm³/mol. The molecule has 1 N–H and O–H groups in total. The van der Waals surface area contributed by atoms with Crippen molar-refractivity contribution in [2.45, 2.75) is 28.5 Å². The molecule has 18 heteroatoms. The van der Waals surface area contributed by atoms with Gasteiger partial charge in [0, 0.05) is 30.7 Å². The number of phenols is 1. The molecule has 0 bridgehead atoms. The predicted octanol–water partition coefficient (Wildman–Crippen LogP) is 8.99. The van der Waals surface area contributed by atoms with Gasteiger partial charge in [0.15, 0.2) is 33.0 Å². The molecule has 4 amide bonds. The third-order valence-corrected chi connectivity index (χ3v) is 13.0. The van der Waals surface area contributed by atoms with Crippen LogP contribution in [0.2, 0.25) is 5.02 Å². The van der Waals surface area contributed by atoms with E-state index < -0.39 is 98.2 Å². The molecule has 2 aliphatic heterocycles. The van der Waals surface area contributed by atoms with Gasteiger partial charge < -0.3 is 10.0 Å². The minimum atomic E-state index is -2.76. The summed E-state index contributed by atoms with van der Waals surface area (Å²) in [5.74, 6) is -22.3. The maximum absolute atomic E-state index is 15.3. The topological polar surface area (TPSA) is 123 Å². The zero-order chi connectivity index (χ0) is 41.7. The summed E-state index contributed by atoms with van der Waals surface area (Å²) < 4.78 is 73.7. The molecule has 0 radical (unpaired) electrons. The number of halogens is 8. The van der Waals surface area contributed by atoms with Crippen molar-refractivity contribution in [2.75, 3.05) is 28.8 Å². The molecule has 58 heavy (non-hydrogen) atoms. The molecule has 3 fully saturated rings. The lowest BCUT2D eigenvalue weighted by Gasteiger charge is -2.50. The van der Waals surface area contributed by atoms with Crippen LogP contribution < -0.4 is 14.7 Å². The van der Waals surface area contributed by atoms with Gasteiger partial charge in [0.25, 0.3) is 11.8 Å². The number of amides is 4. The van der Waals surface area contributed by atoms with Crippen molar-refractivity contribution in [3.8, 4) is 5.75 Å². The number of carbonyl (C=O) groups excluding carboxylic acids is 4. The van der Waals surface area contributed by atoms with E-state index in [-0.39, 0.29) is 38.9 Å². The largest absolute Gasteiger partial charge is 0.508 e. The molecule has 298 valence electrons. The average Bonchev–Trinajstić information content (AvgIpc) is 3.54. The van der Waals surface area contributed by atoms with Crippen molar-refractivity contribution in [2.24, 2.45) is 28.0 Å². The molecule has 6 atom stereocenters. The molecule has 0 spiro atoms. The minimum Gasteiger partial charge on any atom is -0.508 e. The summed E-state index contributed by atoms with van der Waals surface area (Å²) in [4.78, 5) is 54.5. The summed E-state index contributed by atoms with van der Waals surface area (Å²) >= 11 is 20.9. The second kappa shape index (κ2) is 13.9. The first kappa shape index (κ1) is 39.4. The van der Waals surface area contributed by atoms with Crippen LogP contribution in [0.4, 0.5) is 50.4 Å². The number of hydrogen-bond acceptors (Lipinski definition) is 8. The van der Waals surface area contributed by atoms with Crippen LogP contribution in [0.5, 0.6) is 5.75 Å². The van der Waals surface area contributed by atoms with Gasteiger partial charge in [-0.05, 0) is 85.0 Å². The molecule has 2 aliphatic carbocycles. The van der Waals surface area contributed by atoms with E-state index in [1.54, 1.807) is 30.3 Å². The summed E-state index contributed by atoms with van der Waals surface area (Å²) in [7, 11) is 3.81. The van der Waals surface area contributed by atoms with Crippen LogP contribution in [0.25, 0.3) is 0 Å². The second-order valence-corrected chi connectivity index (χ2v) is 16.2. The summed E-state index contributed by atoms with van der Waals surface area (Å²) in [5, 5.41) is 18.4. The van der Waals surface area contributed by atoms with E-state index in [1.807, 2.05) is 31.1 Å². The number of nitrogens with zero attached hydrogens (tertiary/aromatic N) is 5. The number of hydrogen-bond donors (Lipinski definition) is 1. The van der Waals surface area contributed by atoms with Crippen molar-refractivity contribution in [1.82, 2.24) is 0 Å². The van der Waals surface area contributed by atoms with Crippen molar-refractivity contribution in [3.63, 3.8) is 0 Å². The second-order valence-electron chi connectivity index (χ2n) is 14.5. The van der Waals surface area contributed by atoms with E-state index in [1.165, 1.54) is 24.3 Å². The molecule has 10 nitrogen and oxygen atoms in total. The summed E-state index contributed by atoms with van der Waals surface area (Å²) in [6, 6.07) is 16.9. The first-order valence-electron chi connectivity index (χ1n) is 17.6. The zero-order valence-corrected chi connectivity index (χ0v) is 32.3. The lowest BCUT2D eigenvalue weighted by atomic mass is 9.56. The Kier molecular flexibility index (Phi) is 9.44. The Morgan fingerprint density at radius 1 is 0.741 bits per heavy atom. The standard InChI is InChI=1S/C40H27Cl3F5N5O5/c1-51(2)19-7-3-17(4-8-19)49-50-18-5-9-20(10-6-18)52-35(55)24-14-13-22-25(27(24)36(52)56)16-39(42)37(57)53(34-32(47)30(45)29(44)31(46)33(34)48)38(58)40(39,43)28(22)23-12-11-21(54)15-26(23)41/h3-13,15,24-25,27-28,54H,14,16H2,1-2H3/t24-,25+,27-,28+,39+,40-/m0/s1. The van der Waals surface area contributed by atoms with E-state index in [9.17, 15) is 37.5 Å². The summed E-state index contributed by atoms with van der Waals surface area (Å²) in [5.41, 5.74) is 0.436. The first-order chi connectivity index (χ1) is 27.4. The van der Waals surface area contributed by atoms with Crippen LogP contribution in [0.15, 0.2) is 88.6 Å². The number of benzene rings is 4. The average molecular weight is 859 g/mol. The number of allylic oxidation sites excluding steroid dienone is 2. The normalized spacial score (nSPS) is 26.6. The highest BCUT2D eigenvalue weighted by molar-refractivity contribution is 6.58. The van der Waals surface area contributed by atoms with Gasteiger partial charge in [0.1, 0.15) is 11.4 Å². The van der Waals surface area contributed by atoms with E-state index in [0.717, 1.165) is 16.7 Å². The molecule has 4 aromatic carbocycles. The lowest BCUT2D eigenvalue weighted by Crippen LogP contribution is -2.60. The number of aromatic hydroxyl groups is 1. The molecule has 2 heterocycles. The number of phenolic OH excluding ortho intramolecular Hbond substituents is 1. The first-order valence-corrected chi connectivity index (χ1v) is 18.7. The van der Waals surface area contributed by atoms with Gasteiger partial charge in [-0.2, -0.15) is 10.2 Å². The SMILES string of the molecule is CN(C)c1ccc(N=Nc2ccc(N3C(=O)[C@H]4[C@H](CC=C5[C@H]4C[C@@]4(Cl)C(=O)N(c6c(F)c(F)c(F)c(F)c6F)C(=O)[C@@]4(Cl)[C@H]5c4ccc(O)cc4Cl)C3=O)cc2)cc1. The number of anilines is 3. The molecule has 8 rings (SSSR count). The van der Waals surface area contributed by atoms with Gasteiger partial charge in [0.2, 0.25) is 17.6 Å². The minimum absolute atomic E-state index is 0.0265. The Balaban J connectivity index is 1.18. The van der Waals surface area contributed by atoms with Crippen LogP contribution >= 0.6 is 34.8 Å². The summed E-state index contributed by atoms with van der Waals surface area (Å²) in [6.07, 6.45) is 0.784. The highest BCUT2D eigenvalue weighted by Crippen LogP contribution is 2.66. The molecular formula is C40H27Cl3F5N5O5. The molecular weight excluding hydrogens is 832 g/mol. The number of fused-ring (bicyclic) bond motifs is 4. The maximum Gasteiger partial charge on any atom is 0.258 e. The van der Waals surface area contributed by atoms with Crippen molar-refractivity contribution < 1.29 is 46.2 Å². The smallest absolute Gasteiger partial charge is 0.258 e. The van der Waals surface area contributed by atoms with Gasteiger partial charge in [-0.3, -0.25) is 24.1 Å². The Morgan fingerprint density at radius 2 is 1.31 bits per heavy atom. The monoisotopic (exact) mass is 857 g/mol. The van der Waals surface area contributed by atoms with Gasteiger partial charge in [-0.15, -0.1) is 23.2 Å². The van der Waals surface area contributed by atoms with E-state index in [0.29, 0.717) is 11.4 Å². The Hall–Kier alpha value is -5.38. The fourth-order valence-corrected chi connectivity index (χ4v) is 9.73. The lowest BCUT2D eigenvalue weighted by molar-refractivity contribution is -0.125. The Morgan fingerprint density at radius 3 is 1.88 bits per heavy atom. The van der Waals surface area contributed by atoms with Gasteiger partial charge in [0.05, 0.1) is 28.9 Å². The number of alkyl halides is 2. The molecule has 0 aromatic heterocycles. The van der Waals surface area contributed by atoms with Crippen LogP contribution in [0.1, 0.15) is 24.3 Å². The van der Waals surface area contributed by atoms with Gasteiger partial charge in [-0.25, -0.2) is 26.9 Å². The van der Waals surface area contributed by atoms with E-state index in [4.69, 9.17) is 34.8 Å². The molecule has 2 saturated heterocycles. The number of imide groups is 2. The highest BCUT2D eigenvalue weighted by atomic mass is 35.5. The summed E-state index contributed by atoms with van der Waals surface area (Å²) in [6.45, 7) is 0. The Bertz CT molecular complexity index is 2510. The maximum atomic E-state index is 15.3. The highest BCUT2D eigenvalue weighted by Gasteiger charge is 2.77. The zero-order valence-electron chi connectivity index (χ0n) is 30.0. The molecule has 4 aliphatic rings. The quantitative estimate of drug-likeness (QED) is 0.0393. The van der Waals surface area contributed by atoms with Crippen LogP contribution in [0.3, 0.4) is 0 Å². The van der Waals surface area contributed by atoms with Gasteiger partial charge >= 0.3 is 0 Å². The van der Waals surface area contributed by atoms with Gasteiger partial charge in [-0.1, -0.05) is 29.3 Å². The van der Waals surface area contributed by atoms with E-state index in [2.05, 4.69) is 10.2 Å². The fraction of sp³-hybridized carbons (Fsp3) is 0.250. The van der Waals surface area contributed by atoms with Crippen molar-refractivity contribution in [1.29, 1.82) is 0 Å². The molecule has 0 unspecified atom stereocenters. The Labute approximate surface area is 341 Å². The van der Waals surface area contributed by atoms with Crippen molar-refractivity contribution >= 4 is 86.9 Å². The number of carbonyl (C=O) groups is 4. The van der Waals surface area contributed by atoms with Crippen LogP contribution in [-0.2, 0) is 19.2 Å². The van der Waals surface area contributed by atoms with Crippen molar-refractivity contribution in [3.05, 3.63) is 118 Å².